The highest BCUT2D eigenvalue weighted by atomic mass is 16.5. The minimum Gasteiger partial charge on any atom is -0.481 e. The molecular formula is C23H21NO4. The van der Waals surface area contributed by atoms with Gasteiger partial charge in [-0.2, -0.15) is 0 Å². The summed E-state index contributed by atoms with van der Waals surface area (Å²) in [5, 5.41) is 12.2. The smallest absolute Gasteiger partial charge is 0.411 e. The second-order valence-electron chi connectivity index (χ2n) is 6.39. The lowest BCUT2D eigenvalue weighted by Gasteiger charge is -2.13. The van der Waals surface area contributed by atoms with Gasteiger partial charge in [-0.1, -0.05) is 72.8 Å². The molecule has 1 atom stereocenters. The van der Waals surface area contributed by atoms with E-state index >= 15 is 0 Å². The largest absolute Gasteiger partial charge is 0.481 e. The van der Waals surface area contributed by atoms with E-state index in [0.29, 0.717) is 12.1 Å². The maximum absolute atomic E-state index is 11.9. The highest BCUT2D eigenvalue weighted by molar-refractivity contribution is 5.84. The van der Waals surface area contributed by atoms with Crippen molar-refractivity contribution in [3.05, 3.63) is 102 Å². The number of hydrogen-bond donors (Lipinski definition) is 2. The van der Waals surface area contributed by atoms with Crippen molar-refractivity contribution in [3.63, 3.8) is 0 Å². The van der Waals surface area contributed by atoms with Crippen LogP contribution in [0.1, 0.15) is 22.6 Å². The van der Waals surface area contributed by atoms with E-state index in [-0.39, 0.29) is 6.61 Å². The van der Waals surface area contributed by atoms with Crippen molar-refractivity contribution in [3.8, 4) is 0 Å². The number of carboxylic acid groups (broad SMARTS) is 1. The Labute approximate surface area is 163 Å². The molecule has 0 aliphatic rings. The molecule has 3 aromatic rings. The maximum atomic E-state index is 11.9. The van der Waals surface area contributed by atoms with E-state index in [9.17, 15) is 14.7 Å². The molecule has 1 unspecified atom stereocenters. The summed E-state index contributed by atoms with van der Waals surface area (Å²) in [4.78, 5) is 23.5. The Morgan fingerprint density at radius 3 is 2.04 bits per heavy atom. The van der Waals surface area contributed by atoms with Gasteiger partial charge in [0.15, 0.2) is 0 Å². The van der Waals surface area contributed by atoms with E-state index in [1.54, 1.807) is 12.1 Å². The Balaban J connectivity index is 1.57. The van der Waals surface area contributed by atoms with Crippen molar-refractivity contribution in [1.29, 1.82) is 0 Å². The van der Waals surface area contributed by atoms with Gasteiger partial charge in [0.05, 0.1) is 5.92 Å². The molecule has 0 saturated heterocycles. The molecule has 5 nitrogen and oxygen atoms in total. The van der Waals surface area contributed by atoms with E-state index in [4.69, 9.17) is 4.74 Å². The molecule has 3 aromatic carbocycles. The molecule has 0 bridgehead atoms. The first-order chi connectivity index (χ1) is 13.6. The molecule has 0 saturated carbocycles. The third kappa shape index (κ3) is 5.45. The second-order valence-corrected chi connectivity index (χ2v) is 6.39. The number of carbonyl (C=O) groups excluding carboxylic acids is 1. The lowest BCUT2D eigenvalue weighted by Crippen LogP contribution is -2.15. The molecule has 0 aliphatic heterocycles. The topological polar surface area (TPSA) is 75.6 Å². The van der Waals surface area contributed by atoms with Crippen LogP contribution in [0, 0.1) is 0 Å². The average molecular weight is 375 g/mol. The summed E-state index contributed by atoms with van der Waals surface area (Å²) in [7, 11) is 0. The average Bonchev–Trinajstić information content (AvgIpc) is 2.73. The zero-order valence-corrected chi connectivity index (χ0v) is 15.2. The number of aliphatic carboxylic acids is 1. The molecule has 0 spiro atoms. The molecule has 0 radical (unpaired) electrons. The van der Waals surface area contributed by atoms with Crippen LogP contribution in [0.5, 0.6) is 0 Å². The van der Waals surface area contributed by atoms with Crippen LogP contribution in [0.25, 0.3) is 0 Å². The van der Waals surface area contributed by atoms with Crippen LogP contribution in [0.3, 0.4) is 0 Å². The molecule has 5 heteroatoms. The van der Waals surface area contributed by atoms with Crippen LogP contribution in [-0.4, -0.2) is 17.2 Å². The van der Waals surface area contributed by atoms with Crippen LogP contribution >= 0.6 is 0 Å². The van der Waals surface area contributed by atoms with Gasteiger partial charge in [-0.3, -0.25) is 10.1 Å². The third-order valence-electron chi connectivity index (χ3n) is 4.35. The van der Waals surface area contributed by atoms with Gasteiger partial charge in [0, 0.05) is 5.69 Å². The Kier molecular flexibility index (Phi) is 6.41. The van der Waals surface area contributed by atoms with E-state index in [1.807, 2.05) is 72.8 Å². The van der Waals surface area contributed by atoms with Crippen LogP contribution in [-0.2, 0) is 22.6 Å². The van der Waals surface area contributed by atoms with Gasteiger partial charge in [0.1, 0.15) is 6.61 Å². The van der Waals surface area contributed by atoms with Crippen molar-refractivity contribution in [2.24, 2.45) is 0 Å². The fourth-order valence-electron chi connectivity index (χ4n) is 2.87. The quantitative estimate of drug-likeness (QED) is 0.619. The number of amides is 1. The molecule has 0 aromatic heterocycles. The fraction of sp³-hybridized carbons (Fsp3) is 0.130. The number of rotatable bonds is 7. The standard InChI is InChI=1S/C23H21NO4/c25-22(26)21(19-9-5-2-6-10-19)15-17-11-13-20(14-12-17)24-23(27)28-16-18-7-3-1-4-8-18/h1-14,21H,15-16H2,(H,24,27)(H,25,26). The van der Waals surface area contributed by atoms with Gasteiger partial charge in [0.25, 0.3) is 0 Å². The molecule has 0 fully saturated rings. The van der Waals surface area contributed by atoms with Gasteiger partial charge in [-0.25, -0.2) is 4.79 Å². The molecular weight excluding hydrogens is 354 g/mol. The minimum atomic E-state index is -0.863. The van der Waals surface area contributed by atoms with E-state index < -0.39 is 18.0 Å². The van der Waals surface area contributed by atoms with Crippen molar-refractivity contribution >= 4 is 17.7 Å². The first-order valence-electron chi connectivity index (χ1n) is 8.96. The van der Waals surface area contributed by atoms with Gasteiger partial charge >= 0.3 is 12.1 Å². The predicted molar refractivity (Wildman–Crippen MR) is 107 cm³/mol. The van der Waals surface area contributed by atoms with Gasteiger partial charge < -0.3 is 9.84 Å². The second kappa shape index (κ2) is 9.37. The molecule has 3 rings (SSSR count). The molecule has 2 N–H and O–H groups in total. The van der Waals surface area contributed by atoms with Crippen LogP contribution in [0.4, 0.5) is 10.5 Å². The Bertz CT molecular complexity index is 908. The van der Waals surface area contributed by atoms with Crippen molar-refractivity contribution in [2.45, 2.75) is 18.9 Å². The van der Waals surface area contributed by atoms with Crippen LogP contribution in [0.15, 0.2) is 84.9 Å². The fourth-order valence-corrected chi connectivity index (χ4v) is 2.87. The Morgan fingerprint density at radius 2 is 1.43 bits per heavy atom. The summed E-state index contributed by atoms with van der Waals surface area (Å²) >= 11 is 0. The number of carbonyl (C=O) groups is 2. The summed E-state index contributed by atoms with van der Waals surface area (Å²) in [6, 6.07) is 25.7. The monoisotopic (exact) mass is 375 g/mol. The SMILES string of the molecule is O=C(Nc1ccc(CC(C(=O)O)c2ccccc2)cc1)OCc1ccccc1. The summed E-state index contributed by atoms with van der Waals surface area (Å²) in [5.74, 6) is -1.48. The lowest BCUT2D eigenvalue weighted by atomic mass is 9.92. The first kappa shape index (κ1) is 19.2. The molecule has 28 heavy (non-hydrogen) atoms. The molecule has 142 valence electrons. The number of nitrogens with one attached hydrogen (secondary N) is 1. The number of anilines is 1. The Hall–Kier alpha value is -3.60. The summed E-state index contributed by atoms with van der Waals surface area (Å²) in [6.45, 7) is 0.197. The highest BCUT2D eigenvalue weighted by Crippen LogP contribution is 2.22. The molecule has 0 aliphatic carbocycles. The minimum absolute atomic E-state index is 0.197. The van der Waals surface area contributed by atoms with Crippen molar-refractivity contribution < 1.29 is 19.4 Å². The third-order valence-corrected chi connectivity index (χ3v) is 4.35. The zero-order chi connectivity index (χ0) is 19.8. The van der Waals surface area contributed by atoms with Crippen LogP contribution < -0.4 is 5.32 Å². The van der Waals surface area contributed by atoms with E-state index in [0.717, 1.165) is 16.7 Å². The molecule has 1 amide bonds. The predicted octanol–water partition coefficient (Wildman–Crippen LogP) is 4.85. The highest BCUT2D eigenvalue weighted by Gasteiger charge is 2.20. The summed E-state index contributed by atoms with van der Waals surface area (Å²) in [5.41, 5.74) is 3.14. The van der Waals surface area contributed by atoms with Gasteiger partial charge in [-0.15, -0.1) is 0 Å². The number of carboxylic acids is 1. The first-order valence-corrected chi connectivity index (χ1v) is 8.96. The van der Waals surface area contributed by atoms with E-state index in [2.05, 4.69) is 5.32 Å². The Morgan fingerprint density at radius 1 is 0.821 bits per heavy atom. The van der Waals surface area contributed by atoms with Crippen molar-refractivity contribution in [1.82, 2.24) is 0 Å². The normalized spacial score (nSPS) is 11.4. The summed E-state index contributed by atoms with van der Waals surface area (Å²) < 4.78 is 5.19. The molecule has 0 heterocycles. The summed E-state index contributed by atoms with van der Waals surface area (Å²) in [6.07, 6.45) is -0.165. The number of benzene rings is 3. The number of hydrogen-bond acceptors (Lipinski definition) is 3. The maximum Gasteiger partial charge on any atom is 0.411 e. The van der Waals surface area contributed by atoms with Gasteiger partial charge in [0.2, 0.25) is 0 Å². The zero-order valence-electron chi connectivity index (χ0n) is 15.2. The van der Waals surface area contributed by atoms with Gasteiger partial charge in [-0.05, 0) is 35.2 Å². The number of ether oxygens (including phenoxy) is 1. The van der Waals surface area contributed by atoms with E-state index in [1.165, 1.54) is 0 Å². The van der Waals surface area contributed by atoms with Crippen LogP contribution in [0.2, 0.25) is 0 Å². The van der Waals surface area contributed by atoms with Crippen molar-refractivity contribution in [2.75, 3.05) is 5.32 Å². The lowest BCUT2D eigenvalue weighted by molar-refractivity contribution is -0.138.